The second kappa shape index (κ2) is 9.89. The van der Waals surface area contributed by atoms with E-state index in [1.165, 1.54) is 6.07 Å². The second-order valence-corrected chi connectivity index (χ2v) is 8.47. The van der Waals surface area contributed by atoms with Crippen molar-refractivity contribution in [2.45, 2.75) is 44.8 Å². The molecule has 0 bridgehead atoms. The molecular formula is C25H27F3N4O2. The zero-order valence-corrected chi connectivity index (χ0v) is 18.7. The molecule has 34 heavy (non-hydrogen) atoms. The third-order valence-corrected chi connectivity index (χ3v) is 6.04. The number of carbonyl (C=O) groups is 2. The molecular weight excluding hydrogens is 445 g/mol. The number of hydrogen-bond donors (Lipinski definition) is 3. The van der Waals surface area contributed by atoms with Crippen molar-refractivity contribution in [2.75, 3.05) is 18.4 Å². The first kappa shape index (κ1) is 23.8. The molecule has 1 aromatic heterocycles. The highest BCUT2D eigenvalue weighted by atomic mass is 19.4. The summed E-state index contributed by atoms with van der Waals surface area (Å²) in [6.45, 7) is 1.09. The quantitative estimate of drug-likeness (QED) is 0.423. The average molecular weight is 473 g/mol. The van der Waals surface area contributed by atoms with Gasteiger partial charge in [-0.2, -0.15) is 13.2 Å². The molecule has 0 unspecified atom stereocenters. The average Bonchev–Trinajstić information content (AvgIpc) is 2.98. The number of unbranched alkanes of at least 4 members (excludes halogenated alkanes) is 3. The molecule has 9 heteroatoms. The molecule has 0 saturated carbocycles. The Balaban J connectivity index is 1.74. The minimum atomic E-state index is -4.52. The van der Waals surface area contributed by atoms with Crippen LogP contribution in [-0.4, -0.2) is 29.5 Å². The summed E-state index contributed by atoms with van der Waals surface area (Å²) in [6, 6.07) is 10.6. The number of nitrogens with two attached hydrogens (primary N) is 1. The standard InChI is InChI=1S/C25H27F3N4O2/c26-25(27,28)16-9-10-21-18(13-16)19-14-22(33)31-20-8-4-3-7-17(20)24(19)32(21)15-23(34)30-12-6-2-1-5-11-29/h3-4,7-10,13H,1-2,5-6,11-12,14-15,29H2,(H,30,34)(H,31,33). The number of carbonyl (C=O) groups excluding carboxylic acids is 2. The van der Waals surface area contributed by atoms with Crippen molar-refractivity contribution in [3.8, 4) is 11.3 Å². The van der Waals surface area contributed by atoms with E-state index in [1.54, 1.807) is 28.8 Å². The van der Waals surface area contributed by atoms with Crippen LogP contribution >= 0.6 is 0 Å². The molecule has 2 heterocycles. The van der Waals surface area contributed by atoms with Crippen LogP contribution < -0.4 is 16.4 Å². The largest absolute Gasteiger partial charge is 0.416 e. The minimum absolute atomic E-state index is 0.0669. The number of para-hydroxylation sites is 1. The van der Waals surface area contributed by atoms with Crippen LogP contribution in [0.15, 0.2) is 42.5 Å². The van der Waals surface area contributed by atoms with Crippen LogP contribution in [-0.2, 0) is 28.7 Å². The van der Waals surface area contributed by atoms with Gasteiger partial charge in [-0.25, -0.2) is 0 Å². The summed E-state index contributed by atoms with van der Waals surface area (Å²) in [5.74, 6) is -0.552. The molecule has 1 aliphatic rings. The maximum atomic E-state index is 13.5. The smallest absolute Gasteiger partial charge is 0.355 e. The molecule has 3 aromatic rings. The number of aromatic nitrogens is 1. The number of amides is 2. The fourth-order valence-electron chi connectivity index (χ4n) is 4.46. The second-order valence-electron chi connectivity index (χ2n) is 8.47. The van der Waals surface area contributed by atoms with Crippen molar-refractivity contribution in [2.24, 2.45) is 5.73 Å². The molecule has 6 nitrogen and oxygen atoms in total. The molecule has 4 N–H and O–H groups in total. The van der Waals surface area contributed by atoms with E-state index in [1.807, 2.05) is 0 Å². The fourth-order valence-corrected chi connectivity index (χ4v) is 4.46. The molecule has 0 radical (unpaired) electrons. The van der Waals surface area contributed by atoms with Crippen LogP contribution in [0.2, 0.25) is 0 Å². The number of benzene rings is 2. The summed E-state index contributed by atoms with van der Waals surface area (Å²) in [6.07, 6.45) is -0.872. The predicted octanol–water partition coefficient (Wildman–Crippen LogP) is 4.46. The first-order valence-corrected chi connectivity index (χ1v) is 11.4. The van der Waals surface area contributed by atoms with Gasteiger partial charge >= 0.3 is 6.18 Å². The van der Waals surface area contributed by atoms with Crippen molar-refractivity contribution in [1.82, 2.24) is 9.88 Å². The van der Waals surface area contributed by atoms with E-state index < -0.39 is 11.7 Å². The van der Waals surface area contributed by atoms with Crippen molar-refractivity contribution >= 4 is 28.4 Å². The maximum absolute atomic E-state index is 13.5. The lowest BCUT2D eigenvalue weighted by Gasteiger charge is -2.14. The summed E-state index contributed by atoms with van der Waals surface area (Å²) in [5.41, 5.74) is 7.49. The van der Waals surface area contributed by atoms with E-state index in [0.29, 0.717) is 46.5 Å². The van der Waals surface area contributed by atoms with Gasteiger partial charge in [0, 0.05) is 23.0 Å². The number of alkyl halides is 3. The topological polar surface area (TPSA) is 89.2 Å². The Kier molecular flexibility index (Phi) is 6.92. The zero-order chi connectivity index (χ0) is 24.3. The van der Waals surface area contributed by atoms with E-state index in [9.17, 15) is 22.8 Å². The van der Waals surface area contributed by atoms with Gasteiger partial charge < -0.3 is 20.9 Å². The monoisotopic (exact) mass is 472 g/mol. The lowest BCUT2D eigenvalue weighted by molar-refractivity contribution is -0.137. The lowest BCUT2D eigenvalue weighted by atomic mass is 10.0. The first-order chi connectivity index (χ1) is 16.3. The van der Waals surface area contributed by atoms with E-state index in [2.05, 4.69) is 10.6 Å². The Labute approximate surface area is 195 Å². The Bertz CT molecular complexity index is 1220. The third kappa shape index (κ3) is 4.94. The van der Waals surface area contributed by atoms with Gasteiger partial charge in [0.2, 0.25) is 11.8 Å². The Morgan fingerprint density at radius 3 is 2.62 bits per heavy atom. The van der Waals surface area contributed by atoms with Crippen molar-refractivity contribution in [1.29, 1.82) is 0 Å². The SMILES string of the molecule is NCCCCCCNC(=O)Cn1c2c(c3cc(C(F)(F)F)ccc31)CC(=O)Nc1ccccc1-2. The molecule has 2 amide bonds. The Hall–Kier alpha value is -3.33. The number of fused-ring (bicyclic) bond motifs is 5. The normalized spacial score (nSPS) is 13.2. The third-order valence-electron chi connectivity index (χ3n) is 6.04. The fraction of sp³-hybridized carbons (Fsp3) is 0.360. The highest BCUT2D eigenvalue weighted by molar-refractivity contribution is 6.06. The summed E-state index contributed by atoms with van der Waals surface area (Å²) < 4.78 is 42.1. The summed E-state index contributed by atoms with van der Waals surface area (Å²) >= 11 is 0. The maximum Gasteiger partial charge on any atom is 0.416 e. The van der Waals surface area contributed by atoms with Gasteiger partial charge in [-0.15, -0.1) is 0 Å². The Morgan fingerprint density at radius 2 is 1.85 bits per heavy atom. The summed E-state index contributed by atoms with van der Waals surface area (Å²) in [5, 5.41) is 6.05. The van der Waals surface area contributed by atoms with Gasteiger partial charge in [0.25, 0.3) is 0 Å². The number of anilines is 1. The van der Waals surface area contributed by atoms with Gasteiger partial charge in [0.05, 0.1) is 23.4 Å². The molecule has 180 valence electrons. The Morgan fingerprint density at radius 1 is 1.09 bits per heavy atom. The van der Waals surface area contributed by atoms with Gasteiger partial charge in [-0.3, -0.25) is 9.59 Å². The zero-order valence-electron chi connectivity index (χ0n) is 18.7. The van der Waals surface area contributed by atoms with Crippen molar-refractivity contribution < 1.29 is 22.8 Å². The molecule has 1 aliphatic heterocycles. The summed E-state index contributed by atoms with van der Waals surface area (Å²) in [4.78, 5) is 25.4. The number of rotatable bonds is 8. The van der Waals surface area contributed by atoms with Gasteiger partial charge in [-0.05, 0) is 49.2 Å². The number of nitrogens with one attached hydrogen (secondary N) is 2. The van der Waals surface area contributed by atoms with Crippen LogP contribution in [0.4, 0.5) is 18.9 Å². The first-order valence-electron chi connectivity index (χ1n) is 11.4. The van der Waals surface area contributed by atoms with Crippen molar-refractivity contribution in [3.63, 3.8) is 0 Å². The molecule has 0 fully saturated rings. The predicted molar refractivity (Wildman–Crippen MR) is 125 cm³/mol. The van der Waals surface area contributed by atoms with Crippen LogP contribution in [0.3, 0.4) is 0 Å². The lowest BCUT2D eigenvalue weighted by Crippen LogP contribution is -2.28. The number of hydrogen-bond acceptors (Lipinski definition) is 3. The molecule has 2 aromatic carbocycles. The summed E-state index contributed by atoms with van der Waals surface area (Å²) in [7, 11) is 0. The van der Waals surface area contributed by atoms with Gasteiger partial charge in [0.1, 0.15) is 6.54 Å². The van der Waals surface area contributed by atoms with Crippen LogP contribution in [0.25, 0.3) is 22.2 Å². The van der Waals surface area contributed by atoms with Gasteiger partial charge in [-0.1, -0.05) is 31.0 Å². The van der Waals surface area contributed by atoms with E-state index in [0.717, 1.165) is 37.8 Å². The van der Waals surface area contributed by atoms with Crippen LogP contribution in [0.1, 0.15) is 36.8 Å². The van der Waals surface area contributed by atoms with E-state index >= 15 is 0 Å². The molecule has 4 rings (SSSR count). The minimum Gasteiger partial charge on any atom is -0.355 e. The van der Waals surface area contributed by atoms with Crippen LogP contribution in [0.5, 0.6) is 0 Å². The molecule has 0 atom stereocenters. The number of nitrogens with zero attached hydrogens (tertiary/aromatic N) is 1. The molecule has 0 saturated heterocycles. The van der Waals surface area contributed by atoms with E-state index in [4.69, 9.17) is 5.73 Å². The van der Waals surface area contributed by atoms with Crippen molar-refractivity contribution in [3.05, 3.63) is 53.6 Å². The molecule has 0 aliphatic carbocycles. The van der Waals surface area contributed by atoms with Gasteiger partial charge in [0.15, 0.2) is 0 Å². The van der Waals surface area contributed by atoms with Crippen LogP contribution in [0, 0.1) is 0 Å². The highest BCUT2D eigenvalue weighted by Crippen LogP contribution is 2.41. The highest BCUT2D eigenvalue weighted by Gasteiger charge is 2.33. The molecule has 0 spiro atoms. The van der Waals surface area contributed by atoms with E-state index in [-0.39, 0.29) is 24.8 Å². The number of halogens is 3.